The molecule has 4 N–H and O–H groups in total. The van der Waals surface area contributed by atoms with Crippen LogP contribution in [0.3, 0.4) is 0 Å². The van der Waals surface area contributed by atoms with Gasteiger partial charge in [-0.15, -0.1) is 11.8 Å². The Morgan fingerprint density at radius 3 is 1.90 bits per heavy atom. The number of nitrogens with two attached hydrogens (primary N) is 2. The minimum absolute atomic E-state index is 0.803. The van der Waals surface area contributed by atoms with Crippen LogP contribution < -0.4 is 11.5 Å². The van der Waals surface area contributed by atoms with Gasteiger partial charge >= 0.3 is 0 Å². The molecule has 0 unspecified atom stereocenters. The highest BCUT2D eigenvalue weighted by Crippen LogP contribution is 2.17. The zero-order valence-corrected chi connectivity index (χ0v) is 15.0. The van der Waals surface area contributed by atoms with Crippen molar-refractivity contribution in [2.45, 2.75) is 27.7 Å². The first-order valence-electron chi connectivity index (χ1n) is 6.65. The van der Waals surface area contributed by atoms with Gasteiger partial charge in [0.1, 0.15) is 5.82 Å². The predicted molar refractivity (Wildman–Crippen MR) is 96.2 cm³/mol. The van der Waals surface area contributed by atoms with Crippen LogP contribution in [-0.2, 0) is 0 Å². The molecular formula is C14H28N4S2. The molecule has 116 valence electrons. The highest BCUT2D eigenvalue weighted by molar-refractivity contribution is 8.04. The Morgan fingerprint density at radius 2 is 1.60 bits per heavy atom. The van der Waals surface area contributed by atoms with Crippen LogP contribution >= 0.6 is 23.7 Å². The fourth-order valence-corrected chi connectivity index (χ4v) is 2.13. The summed E-state index contributed by atoms with van der Waals surface area (Å²) in [6.45, 7) is 8.00. The molecule has 0 bridgehead atoms. The molecule has 0 aliphatic carbocycles. The number of nitrogens with zero attached hydrogens (tertiary/aromatic N) is 2. The first-order chi connectivity index (χ1) is 9.59. The van der Waals surface area contributed by atoms with E-state index in [0.29, 0.717) is 0 Å². The number of rotatable bonds is 0. The second-order valence-corrected chi connectivity index (χ2v) is 5.13. The monoisotopic (exact) mass is 316 g/mol. The van der Waals surface area contributed by atoms with Crippen molar-refractivity contribution in [1.29, 1.82) is 0 Å². The molecule has 4 nitrogen and oxygen atoms in total. The van der Waals surface area contributed by atoms with Crippen LogP contribution in [0.5, 0.6) is 0 Å². The number of hydrogen-bond donors (Lipinski definition) is 2. The quantitative estimate of drug-likeness (QED) is 0.662. The van der Waals surface area contributed by atoms with E-state index in [1.807, 2.05) is 86.4 Å². The summed E-state index contributed by atoms with van der Waals surface area (Å²) in [7, 11) is 3.88. The van der Waals surface area contributed by atoms with Crippen LogP contribution in [-0.4, -0.2) is 23.3 Å². The largest absolute Gasteiger partial charge is 0.392 e. The minimum Gasteiger partial charge on any atom is -0.392 e. The second kappa shape index (κ2) is 14.3. The third-order valence-electron chi connectivity index (χ3n) is 1.76. The molecule has 0 saturated carbocycles. The Labute approximate surface area is 132 Å². The van der Waals surface area contributed by atoms with Gasteiger partial charge in [-0.25, -0.2) is 0 Å². The molecule has 0 aromatic rings. The zero-order chi connectivity index (χ0) is 16.0. The zero-order valence-electron chi connectivity index (χ0n) is 13.3. The highest BCUT2D eigenvalue weighted by Gasteiger charge is 1.97. The Hall–Kier alpha value is -1.14. The standard InChI is InChI=1S/2C5H8N2S.2C2H6/c1-7-2-3-8-4-5(7)6;1-7-4-2-3-5(6)8-7;2*1-2/h2*2-4H,6H2,1H3;2*1-2H3. The number of allylic oxidation sites excluding steroid dienone is 2. The van der Waals surface area contributed by atoms with Gasteiger partial charge in [0.05, 0.1) is 5.03 Å². The van der Waals surface area contributed by atoms with E-state index >= 15 is 0 Å². The summed E-state index contributed by atoms with van der Waals surface area (Å²) >= 11 is 3.12. The van der Waals surface area contributed by atoms with E-state index in [2.05, 4.69) is 0 Å². The molecule has 2 aliphatic heterocycles. The predicted octanol–water partition coefficient (Wildman–Crippen LogP) is 3.84. The summed E-state index contributed by atoms with van der Waals surface area (Å²) < 4.78 is 1.95. The Balaban J connectivity index is 0. The molecule has 0 aromatic heterocycles. The molecule has 2 heterocycles. The maximum absolute atomic E-state index is 5.49. The Morgan fingerprint density at radius 1 is 1.00 bits per heavy atom. The van der Waals surface area contributed by atoms with Gasteiger partial charge in [-0.2, -0.15) is 0 Å². The lowest BCUT2D eigenvalue weighted by Crippen LogP contribution is -2.18. The van der Waals surface area contributed by atoms with Gasteiger partial charge in [-0.1, -0.05) is 27.7 Å². The van der Waals surface area contributed by atoms with Gasteiger partial charge in [-0.3, -0.25) is 0 Å². The van der Waals surface area contributed by atoms with Crippen LogP contribution in [0, 0.1) is 0 Å². The molecule has 0 saturated heterocycles. The van der Waals surface area contributed by atoms with Crippen LogP contribution in [0.2, 0.25) is 0 Å². The van der Waals surface area contributed by atoms with Gasteiger partial charge in [0.2, 0.25) is 0 Å². The van der Waals surface area contributed by atoms with Crippen LogP contribution in [0.1, 0.15) is 27.7 Å². The third kappa shape index (κ3) is 10.8. The first kappa shape index (κ1) is 21.2. The molecule has 0 atom stereocenters. The summed E-state index contributed by atoms with van der Waals surface area (Å²) in [5, 5.41) is 4.73. The molecule has 0 spiro atoms. The van der Waals surface area contributed by atoms with Gasteiger partial charge < -0.3 is 20.7 Å². The van der Waals surface area contributed by atoms with E-state index in [4.69, 9.17) is 11.5 Å². The van der Waals surface area contributed by atoms with E-state index in [1.165, 1.54) is 11.9 Å². The van der Waals surface area contributed by atoms with Crippen LogP contribution in [0.25, 0.3) is 0 Å². The third-order valence-corrected chi connectivity index (χ3v) is 3.18. The number of thioether (sulfide) groups is 1. The molecule has 20 heavy (non-hydrogen) atoms. The van der Waals surface area contributed by atoms with Crippen molar-refractivity contribution < 1.29 is 0 Å². The molecule has 0 radical (unpaired) electrons. The van der Waals surface area contributed by atoms with E-state index < -0.39 is 0 Å². The summed E-state index contributed by atoms with van der Waals surface area (Å²) in [5.74, 6) is 0.803. The molecule has 6 heteroatoms. The molecule has 0 aromatic carbocycles. The lowest BCUT2D eigenvalue weighted by atomic mass is 10.6. The van der Waals surface area contributed by atoms with Crippen molar-refractivity contribution in [3.8, 4) is 0 Å². The SMILES string of the molecule is CC.CC.CN1C=CC=C(N)S1.CN1C=CSC=C1N. The fraction of sp³-hybridized carbons (Fsp3) is 0.429. The van der Waals surface area contributed by atoms with Crippen LogP contribution in [0.4, 0.5) is 0 Å². The minimum atomic E-state index is 0.803. The van der Waals surface area contributed by atoms with E-state index in [9.17, 15) is 0 Å². The normalized spacial score (nSPS) is 15.5. The van der Waals surface area contributed by atoms with Crippen molar-refractivity contribution in [2.75, 3.05) is 14.1 Å². The van der Waals surface area contributed by atoms with Gasteiger partial charge in [0, 0.05) is 43.9 Å². The van der Waals surface area contributed by atoms with Gasteiger partial charge in [0.25, 0.3) is 0 Å². The lowest BCUT2D eigenvalue weighted by Gasteiger charge is -2.15. The van der Waals surface area contributed by atoms with Gasteiger partial charge in [0.15, 0.2) is 0 Å². The average Bonchev–Trinajstić information content (AvgIpc) is 2.47. The summed E-state index contributed by atoms with van der Waals surface area (Å²) in [4.78, 5) is 1.87. The van der Waals surface area contributed by atoms with Gasteiger partial charge in [-0.05, 0) is 17.6 Å². The van der Waals surface area contributed by atoms with Crippen molar-refractivity contribution in [3.05, 3.63) is 46.2 Å². The molecule has 2 rings (SSSR count). The summed E-state index contributed by atoms with van der Waals surface area (Å²) in [6, 6.07) is 0. The fourth-order valence-electron chi connectivity index (χ4n) is 0.891. The maximum atomic E-state index is 5.49. The van der Waals surface area contributed by atoms with Crippen molar-refractivity contribution in [2.24, 2.45) is 11.5 Å². The molecular weight excluding hydrogens is 288 g/mol. The first-order valence-corrected chi connectivity index (χ1v) is 8.36. The van der Waals surface area contributed by atoms with E-state index in [-0.39, 0.29) is 0 Å². The lowest BCUT2D eigenvalue weighted by molar-refractivity contribution is 0.562. The van der Waals surface area contributed by atoms with Crippen molar-refractivity contribution in [3.63, 3.8) is 0 Å². The smallest absolute Gasteiger partial charge is 0.109 e. The Bertz CT molecular complexity index is 349. The number of hydrogen-bond acceptors (Lipinski definition) is 6. The van der Waals surface area contributed by atoms with E-state index in [0.717, 1.165) is 10.9 Å². The van der Waals surface area contributed by atoms with E-state index in [1.54, 1.807) is 11.8 Å². The van der Waals surface area contributed by atoms with Crippen molar-refractivity contribution >= 4 is 23.7 Å². The maximum Gasteiger partial charge on any atom is 0.109 e. The topological polar surface area (TPSA) is 58.5 Å². The molecule has 0 amide bonds. The molecule has 2 aliphatic rings. The highest BCUT2D eigenvalue weighted by atomic mass is 32.2. The summed E-state index contributed by atoms with van der Waals surface area (Å²) in [5.41, 5.74) is 10.9. The average molecular weight is 317 g/mol. The molecule has 0 fully saturated rings. The summed E-state index contributed by atoms with van der Waals surface area (Å²) in [6.07, 6.45) is 7.69. The Kier molecular flexibility index (Phi) is 15.1. The van der Waals surface area contributed by atoms with Crippen LogP contribution in [0.15, 0.2) is 46.2 Å². The van der Waals surface area contributed by atoms with Crippen molar-refractivity contribution in [1.82, 2.24) is 9.21 Å². The second-order valence-electron chi connectivity index (χ2n) is 3.12.